The van der Waals surface area contributed by atoms with E-state index in [9.17, 15) is 4.79 Å². The number of nitrogen functional groups attached to an aromatic ring is 1. The van der Waals surface area contributed by atoms with Crippen LogP contribution in [0, 0.1) is 11.3 Å². The Kier molecular flexibility index (Phi) is 4.17. The lowest BCUT2D eigenvalue weighted by molar-refractivity contribution is 0.0523. The summed E-state index contributed by atoms with van der Waals surface area (Å²) in [7, 11) is 0. The zero-order valence-electron chi connectivity index (χ0n) is 14.5. The second-order valence-electron chi connectivity index (χ2n) is 6.98. The molecule has 1 aromatic carbocycles. The third-order valence-corrected chi connectivity index (χ3v) is 3.85. The van der Waals surface area contributed by atoms with Crippen molar-refractivity contribution >= 4 is 23.1 Å². The van der Waals surface area contributed by atoms with Crippen molar-refractivity contribution in [1.29, 1.82) is 5.26 Å². The van der Waals surface area contributed by atoms with Crippen LogP contribution in [0.5, 0.6) is 5.75 Å². The van der Waals surface area contributed by atoms with Gasteiger partial charge in [0, 0.05) is 12.6 Å². The zero-order valence-corrected chi connectivity index (χ0v) is 14.5. The second kappa shape index (κ2) is 6.16. The van der Waals surface area contributed by atoms with Crippen LogP contribution in [0.3, 0.4) is 0 Å². The number of hydrogen-bond acceptors (Lipinski definition) is 6. The van der Waals surface area contributed by atoms with E-state index in [0.717, 1.165) is 5.52 Å². The molecule has 0 spiro atoms. The summed E-state index contributed by atoms with van der Waals surface area (Å²) in [5.74, 6) is 0.978. The van der Waals surface area contributed by atoms with Crippen LogP contribution in [0.4, 0.5) is 10.7 Å². The monoisotopic (exact) mass is 343 g/mol. The number of anilines is 1. The molecule has 0 unspecified atom stereocenters. The van der Waals surface area contributed by atoms with Gasteiger partial charge in [0.25, 0.3) is 0 Å². The number of hydrogen-bond donors (Lipinski definition) is 2. The number of benzene rings is 1. The number of amides is 1. The Morgan fingerprint density at radius 3 is 3.00 bits per heavy atom. The lowest BCUT2D eigenvalue weighted by Gasteiger charge is -2.27. The number of carbonyl (C=O) groups is 1. The minimum absolute atomic E-state index is 0.0552. The Balaban J connectivity index is 1.74. The van der Waals surface area contributed by atoms with Crippen molar-refractivity contribution in [3.05, 3.63) is 17.7 Å². The van der Waals surface area contributed by atoms with E-state index in [1.54, 1.807) is 12.1 Å². The molecule has 2 aromatic rings. The number of nitrogens with one attached hydrogen (secondary N) is 1. The van der Waals surface area contributed by atoms with Crippen LogP contribution >= 0.6 is 0 Å². The third kappa shape index (κ3) is 3.45. The smallest absolute Gasteiger partial charge is 0.407 e. The van der Waals surface area contributed by atoms with Crippen LogP contribution in [-0.4, -0.2) is 34.4 Å². The molecule has 3 rings (SSSR count). The first-order valence-corrected chi connectivity index (χ1v) is 8.09. The fourth-order valence-corrected chi connectivity index (χ4v) is 2.88. The van der Waals surface area contributed by atoms with Gasteiger partial charge in [-0.15, -0.1) is 0 Å². The van der Waals surface area contributed by atoms with Gasteiger partial charge in [-0.25, -0.2) is 9.78 Å². The molecule has 1 aliphatic heterocycles. The van der Waals surface area contributed by atoms with E-state index >= 15 is 0 Å². The molecule has 25 heavy (non-hydrogen) atoms. The summed E-state index contributed by atoms with van der Waals surface area (Å²) in [5.41, 5.74) is 7.43. The van der Waals surface area contributed by atoms with Crippen LogP contribution in [0.1, 0.15) is 38.8 Å². The maximum absolute atomic E-state index is 11.7. The SMILES string of the molecule is CC(C)(C)OC(=O)NCC[C@H]1COc2cc(C#N)cc3nc(N)n1c23. The van der Waals surface area contributed by atoms with Gasteiger partial charge in [0.05, 0.1) is 23.2 Å². The topological polar surface area (TPSA) is 115 Å². The maximum atomic E-state index is 11.7. The molecule has 1 amide bonds. The first kappa shape index (κ1) is 16.9. The summed E-state index contributed by atoms with van der Waals surface area (Å²) in [6.45, 7) is 6.27. The van der Waals surface area contributed by atoms with E-state index in [1.807, 2.05) is 25.3 Å². The Bertz CT molecular complexity index is 860. The Labute approximate surface area is 145 Å². The number of nitrogens with zero attached hydrogens (tertiary/aromatic N) is 3. The van der Waals surface area contributed by atoms with E-state index in [1.165, 1.54) is 0 Å². The second-order valence-corrected chi connectivity index (χ2v) is 6.98. The number of ether oxygens (including phenoxy) is 2. The van der Waals surface area contributed by atoms with Crippen LogP contribution in [-0.2, 0) is 4.74 Å². The molecule has 0 saturated heterocycles. The molecular formula is C17H21N5O3. The lowest BCUT2D eigenvalue weighted by atomic mass is 10.1. The quantitative estimate of drug-likeness (QED) is 0.884. The summed E-state index contributed by atoms with van der Waals surface area (Å²) < 4.78 is 12.9. The van der Waals surface area contributed by atoms with E-state index in [4.69, 9.17) is 20.5 Å². The van der Waals surface area contributed by atoms with Gasteiger partial charge in [-0.3, -0.25) is 0 Å². The molecule has 0 saturated carbocycles. The standard InChI is InChI=1S/C17H21N5O3/c1-17(2,3)25-16(23)20-5-4-11-9-24-13-7-10(8-18)6-12-14(13)22(11)15(19)21-12/h6-7,11H,4-5,9H2,1-3H3,(H2,19,21)(H,20,23)/t11-/m0/s1. The van der Waals surface area contributed by atoms with Gasteiger partial charge >= 0.3 is 6.09 Å². The van der Waals surface area contributed by atoms with Crippen molar-refractivity contribution in [2.75, 3.05) is 18.9 Å². The van der Waals surface area contributed by atoms with Crippen molar-refractivity contribution in [1.82, 2.24) is 14.9 Å². The molecule has 1 aliphatic rings. The van der Waals surface area contributed by atoms with Gasteiger partial charge in [0.15, 0.2) is 0 Å². The zero-order chi connectivity index (χ0) is 18.2. The molecule has 3 N–H and O–H groups in total. The van der Waals surface area contributed by atoms with Gasteiger partial charge < -0.3 is 25.1 Å². The van der Waals surface area contributed by atoms with Gasteiger partial charge in [-0.1, -0.05) is 0 Å². The average Bonchev–Trinajstić information content (AvgIpc) is 2.85. The highest BCUT2D eigenvalue weighted by Crippen LogP contribution is 2.36. The molecule has 2 heterocycles. The first-order chi connectivity index (χ1) is 11.8. The van der Waals surface area contributed by atoms with Crippen molar-refractivity contribution in [2.45, 2.75) is 38.8 Å². The molecule has 0 radical (unpaired) electrons. The summed E-state index contributed by atoms with van der Waals surface area (Å²) in [6.07, 6.45) is 0.168. The molecule has 8 heteroatoms. The number of nitrogens with two attached hydrogens (primary N) is 1. The highest BCUT2D eigenvalue weighted by Gasteiger charge is 2.27. The summed E-state index contributed by atoms with van der Waals surface area (Å²) >= 11 is 0. The molecule has 0 bridgehead atoms. The van der Waals surface area contributed by atoms with Crippen LogP contribution in [0.2, 0.25) is 0 Å². The van der Waals surface area contributed by atoms with Crippen molar-refractivity contribution in [3.8, 4) is 11.8 Å². The normalized spacial score (nSPS) is 16.2. The first-order valence-electron chi connectivity index (χ1n) is 8.09. The number of aromatic nitrogens is 2. The van der Waals surface area contributed by atoms with Crippen LogP contribution in [0.15, 0.2) is 12.1 Å². The van der Waals surface area contributed by atoms with E-state index in [-0.39, 0.29) is 6.04 Å². The van der Waals surface area contributed by atoms with E-state index in [2.05, 4.69) is 16.4 Å². The molecular weight excluding hydrogens is 322 g/mol. The number of nitriles is 1. The number of alkyl carbamates (subject to hydrolysis) is 1. The Morgan fingerprint density at radius 1 is 1.56 bits per heavy atom. The van der Waals surface area contributed by atoms with Crippen LogP contribution < -0.4 is 15.8 Å². The Morgan fingerprint density at radius 2 is 2.32 bits per heavy atom. The predicted octanol–water partition coefficient (Wildman–Crippen LogP) is 2.34. The van der Waals surface area contributed by atoms with Crippen molar-refractivity contribution < 1.29 is 14.3 Å². The largest absolute Gasteiger partial charge is 0.489 e. The highest BCUT2D eigenvalue weighted by atomic mass is 16.6. The molecule has 1 aromatic heterocycles. The molecule has 0 aliphatic carbocycles. The number of rotatable bonds is 3. The maximum Gasteiger partial charge on any atom is 0.407 e. The van der Waals surface area contributed by atoms with Gasteiger partial charge in [0.1, 0.15) is 23.5 Å². The van der Waals surface area contributed by atoms with Gasteiger partial charge in [-0.05, 0) is 33.3 Å². The average molecular weight is 343 g/mol. The lowest BCUT2D eigenvalue weighted by Crippen LogP contribution is -2.34. The molecule has 0 fully saturated rings. The van der Waals surface area contributed by atoms with Gasteiger partial charge in [0.2, 0.25) is 5.95 Å². The molecule has 1 atom stereocenters. The summed E-state index contributed by atoms with van der Waals surface area (Å²) in [6, 6.07) is 5.42. The molecule has 8 nitrogen and oxygen atoms in total. The Hall–Kier alpha value is -2.95. The third-order valence-electron chi connectivity index (χ3n) is 3.85. The highest BCUT2D eigenvalue weighted by molar-refractivity contribution is 5.86. The minimum atomic E-state index is -0.531. The summed E-state index contributed by atoms with van der Waals surface area (Å²) in [4.78, 5) is 16.1. The predicted molar refractivity (Wildman–Crippen MR) is 92.2 cm³/mol. The fourth-order valence-electron chi connectivity index (χ4n) is 2.88. The fraction of sp³-hybridized carbons (Fsp3) is 0.471. The van der Waals surface area contributed by atoms with Crippen molar-refractivity contribution in [2.24, 2.45) is 0 Å². The number of imidazole rings is 1. The summed E-state index contributed by atoms with van der Waals surface area (Å²) in [5, 5.41) is 11.8. The van der Waals surface area contributed by atoms with Crippen molar-refractivity contribution in [3.63, 3.8) is 0 Å². The van der Waals surface area contributed by atoms with E-state index < -0.39 is 11.7 Å². The van der Waals surface area contributed by atoms with Crippen LogP contribution in [0.25, 0.3) is 11.0 Å². The minimum Gasteiger partial charge on any atom is -0.489 e. The van der Waals surface area contributed by atoms with Gasteiger partial charge in [-0.2, -0.15) is 5.26 Å². The molecule has 132 valence electrons. The number of carbonyl (C=O) groups excluding carboxylic acids is 1. The van der Waals surface area contributed by atoms with E-state index in [0.29, 0.717) is 42.4 Å².